The van der Waals surface area contributed by atoms with Gasteiger partial charge in [-0.15, -0.1) is 0 Å². The lowest BCUT2D eigenvalue weighted by Crippen LogP contribution is -2.47. The third kappa shape index (κ3) is 4.85. The number of nitrogens with one attached hydrogen (secondary N) is 2. The minimum absolute atomic E-state index is 0.0674. The lowest BCUT2D eigenvalue weighted by atomic mass is 10.0. The Kier molecular flexibility index (Phi) is 6.78. The van der Waals surface area contributed by atoms with Gasteiger partial charge >= 0.3 is 0 Å². The van der Waals surface area contributed by atoms with Crippen LogP contribution in [0.4, 0.5) is 5.69 Å². The van der Waals surface area contributed by atoms with Crippen molar-refractivity contribution in [3.63, 3.8) is 0 Å². The molecule has 5 heteroatoms. The molecule has 2 amide bonds. The van der Waals surface area contributed by atoms with Gasteiger partial charge in [0.15, 0.2) is 0 Å². The molecule has 0 saturated heterocycles. The van der Waals surface area contributed by atoms with E-state index in [0.717, 1.165) is 11.3 Å². The Bertz CT molecular complexity index is 771. The van der Waals surface area contributed by atoms with E-state index in [1.54, 1.807) is 18.2 Å². The van der Waals surface area contributed by atoms with Gasteiger partial charge in [-0.1, -0.05) is 44.2 Å². The van der Waals surface area contributed by atoms with Crippen LogP contribution < -0.4 is 15.4 Å². The van der Waals surface area contributed by atoms with Crippen molar-refractivity contribution in [3.05, 3.63) is 59.7 Å². The molecule has 0 radical (unpaired) electrons. The third-order valence-corrected chi connectivity index (χ3v) is 4.07. The molecule has 0 bridgehead atoms. The Balaban J connectivity index is 2.16. The Hall–Kier alpha value is -2.82. The number of hydrogen-bond donors (Lipinski definition) is 2. The summed E-state index contributed by atoms with van der Waals surface area (Å²) in [5.41, 5.74) is 2.13. The predicted octanol–water partition coefficient (Wildman–Crippen LogP) is 3.79. The Morgan fingerprint density at radius 2 is 1.69 bits per heavy atom. The van der Waals surface area contributed by atoms with E-state index in [1.807, 2.05) is 58.0 Å². The summed E-state index contributed by atoms with van der Waals surface area (Å²) < 4.78 is 5.51. The zero-order chi connectivity index (χ0) is 19.1. The van der Waals surface area contributed by atoms with Crippen molar-refractivity contribution < 1.29 is 14.3 Å². The average molecular weight is 354 g/mol. The summed E-state index contributed by atoms with van der Waals surface area (Å²) in [4.78, 5) is 25.4. The first-order chi connectivity index (χ1) is 12.4. The molecule has 2 N–H and O–H groups in total. The number of rotatable bonds is 7. The first kappa shape index (κ1) is 19.5. The standard InChI is InChI=1S/C21H26N2O3/c1-5-26-18-13-9-7-11-16(18)20(24)23-19(14(2)3)21(25)22-17-12-8-6-10-15(17)4/h6-14,19H,5H2,1-4H3,(H,22,25)(H,23,24)/t19-/m0/s1. The van der Waals surface area contributed by atoms with Gasteiger partial charge in [0.1, 0.15) is 11.8 Å². The molecule has 138 valence electrons. The first-order valence-electron chi connectivity index (χ1n) is 8.83. The maximum Gasteiger partial charge on any atom is 0.255 e. The smallest absolute Gasteiger partial charge is 0.255 e. The second-order valence-corrected chi connectivity index (χ2v) is 6.43. The van der Waals surface area contributed by atoms with Gasteiger partial charge in [0, 0.05) is 5.69 Å². The van der Waals surface area contributed by atoms with Crippen molar-refractivity contribution >= 4 is 17.5 Å². The van der Waals surface area contributed by atoms with Crippen LogP contribution in [0.3, 0.4) is 0 Å². The van der Waals surface area contributed by atoms with Gasteiger partial charge < -0.3 is 15.4 Å². The first-order valence-corrected chi connectivity index (χ1v) is 8.83. The lowest BCUT2D eigenvalue weighted by molar-refractivity contribution is -0.118. The second-order valence-electron chi connectivity index (χ2n) is 6.43. The van der Waals surface area contributed by atoms with Crippen LogP contribution in [0.2, 0.25) is 0 Å². The maximum absolute atomic E-state index is 12.7. The number of ether oxygens (including phenoxy) is 1. The quantitative estimate of drug-likeness (QED) is 0.795. The molecule has 2 aromatic carbocycles. The second kappa shape index (κ2) is 9.04. The molecule has 0 aromatic heterocycles. The van der Waals surface area contributed by atoms with E-state index >= 15 is 0 Å². The minimum atomic E-state index is -0.656. The molecule has 0 aliphatic rings. The van der Waals surface area contributed by atoms with E-state index in [0.29, 0.717) is 17.9 Å². The molecule has 0 heterocycles. The minimum Gasteiger partial charge on any atom is -0.493 e. The highest BCUT2D eigenvalue weighted by Crippen LogP contribution is 2.19. The average Bonchev–Trinajstić information content (AvgIpc) is 2.61. The topological polar surface area (TPSA) is 67.4 Å². The Morgan fingerprint density at radius 3 is 2.35 bits per heavy atom. The van der Waals surface area contributed by atoms with Crippen LogP contribution in [0.5, 0.6) is 5.75 Å². The summed E-state index contributed by atoms with van der Waals surface area (Å²) in [6.07, 6.45) is 0. The summed E-state index contributed by atoms with van der Waals surface area (Å²) in [5, 5.41) is 5.74. The summed E-state index contributed by atoms with van der Waals surface area (Å²) in [7, 11) is 0. The van der Waals surface area contributed by atoms with E-state index in [1.165, 1.54) is 0 Å². The zero-order valence-electron chi connectivity index (χ0n) is 15.7. The molecule has 0 aliphatic heterocycles. The van der Waals surface area contributed by atoms with Gasteiger partial charge in [-0.3, -0.25) is 9.59 Å². The number of hydrogen-bond acceptors (Lipinski definition) is 3. The SMILES string of the molecule is CCOc1ccccc1C(=O)N[C@H](C(=O)Nc1ccccc1C)C(C)C. The number of carbonyl (C=O) groups is 2. The Labute approximate surface area is 154 Å². The summed E-state index contributed by atoms with van der Waals surface area (Å²) >= 11 is 0. The molecule has 0 saturated carbocycles. The van der Waals surface area contributed by atoms with Gasteiger partial charge in [0.2, 0.25) is 5.91 Å². The number of amides is 2. The fourth-order valence-corrected chi connectivity index (χ4v) is 2.61. The van der Waals surface area contributed by atoms with Crippen molar-refractivity contribution in [2.75, 3.05) is 11.9 Å². The monoisotopic (exact) mass is 354 g/mol. The van der Waals surface area contributed by atoms with Crippen LogP contribution in [0.1, 0.15) is 36.7 Å². The van der Waals surface area contributed by atoms with Gasteiger partial charge in [-0.05, 0) is 43.5 Å². The van der Waals surface area contributed by atoms with Crippen molar-refractivity contribution in [1.82, 2.24) is 5.32 Å². The molecule has 2 aromatic rings. The van der Waals surface area contributed by atoms with Crippen molar-refractivity contribution in [1.29, 1.82) is 0 Å². The van der Waals surface area contributed by atoms with E-state index in [9.17, 15) is 9.59 Å². The molecule has 0 spiro atoms. The van der Waals surface area contributed by atoms with Gasteiger partial charge in [0.25, 0.3) is 5.91 Å². The largest absolute Gasteiger partial charge is 0.493 e. The third-order valence-electron chi connectivity index (χ3n) is 4.07. The van der Waals surface area contributed by atoms with Crippen molar-refractivity contribution in [2.24, 2.45) is 5.92 Å². The molecular formula is C21H26N2O3. The fourth-order valence-electron chi connectivity index (χ4n) is 2.61. The molecule has 0 fully saturated rings. The van der Waals surface area contributed by atoms with Crippen LogP contribution >= 0.6 is 0 Å². The summed E-state index contributed by atoms with van der Waals surface area (Å²) in [6, 6.07) is 13.9. The van der Waals surface area contributed by atoms with E-state index in [2.05, 4.69) is 10.6 Å². The molecule has 26 heavy (non-hydrogen) atoms. The van der Waals surface area contributed by atoms with Crippen molar-refractivity contribution in [2.45, 2.75) is 33.7 Å². The Morgan fingerprint density at radius 1 is 1.04 bits per heavy atom. The van der Waals surface area contributed by atoms with Crippen LogP contribution in [0.15, 0.2) is 48.5 Å². The highest BCUT2D eigenvalue weighted by atomic mass is 16.5. The van der Waals surface area contributed by atoms with Crippen molar-refractivity contribution in [3.8, 4) is 5.75 Å². The van der Waals surface area contributed by atoms with Crippen LogP contribution in [-0.2, 0) is 4.79 Å². The maximum atomic E-state index is 12.7. The zero-order valence-corrected chi connectivity index (χ0v) is 15.7. The van der Waals surface area contributed by atoms with Gasteiger partial charge in [-0.2, -0.15) is 0 Å². The predicted molar refractivity (Wildman–Crippen MR) is 104 cm³/mol. The number of para-hydroxylation sites is 2. The van der Waals surface area contributed by atoms with Gasteiger partial charge in [0.05, 0.1) is 12.2 Å². The highest BCUT2D eigenvalue weighted by Gasteiger charge is 2.26. The molecule has 0 aliphatic carbocycles. The van der Waals surface area contributed by atoms with E-state index in [-0.39, 0.29) is 17.7 Å². The molecule has 1 atom stereocenters. The number of anilines is 1. The molecular weight excluding hydrogens is 328 g/mol. The van der Waals surface area contributed by atoms with Crippen LogP contribution in [-0.4, -0.2) is 24.5 Å². The van der Waals surface area contributed by atoms with Gasteiger partial charge in [-0.25, -0.2) is 0 Å². The van der Waals surface area contributed by atoms with E-state index < -0.39 is 6.04 Å². The van der Waals surface area contributed by atoms with E-state index in [4.69, 9.17) is 4.74 Å². The summed E-state index contributed by atoms with van der Waals surface area (Å²) in [6.45, 7) is 8.05. The number of benzene rings is 2. The summed E-state index contributed by atoms with van der Waals surface area (Å²) in [5.74, 6) is -0.124. The lowest BCUT2D eigenvalue weighted by Gasteiger charge is -2.22. The fraction of sp³-hybridized carbons (Fsp3) is 0.333. The normalized spacial score (nSPS) is 11.7. The molecule has 0 unspecified atom stereocenters. The molecule has 2 rings (SSSR count). The van der Waals surface area contributed by atoms with Crippen LogP contribution in [0, 0.1) is 12.8 Å². The number of aryl methyl sites for hydroxylation is 1. The number of carbonyl (C=O) groups excluding carboxylic acids is 2. The highest BCUT2D eigenvalue weighted by molar-refractivity contribution is 6.02. The molecule has 5 nitrogen and oxygen atoms in total. The van der Waals surface area contributed by atoms with Crippen LogP contribution in [0.25, 0.3) is 0 Å².